The van der Waals surface area contributed by atoms with Gasteiger partial charge in [-0.25, -0.2) is 4.79 Å². The van der Waals surface area contributed by atoms with Crippen molar-refractivity contribution in [1.29, 1.82) is 0 Å². The molecule has 0 spiro atoms. The van der Waals surface area contributed by atoms with Crippen molar-refractivity contribution in [2.75, 3.05) is 6.54 Å². The van der Waals surface area contributed by atoms with E-state index >= 15 is 0 Å². The molecule has 0 aliphatic carbocycles. The van der Waals surface area contributed by atoms with Gasteiger partial charge in [-0.1, -0.05) is 20.3 Å². The Labute approximate surface area is 187 Å². The average Bonchev–Trinajstić information content (AvgIpc) is 2.73. The fourth-order valence-electron chi connectivity index (χ4n) is 2.79. The van der Waals surface area contributed by atoms with Crippen LogP contribution in [0, 0.1) is 5.92 Å². The van der Waals surface area contributed by atoms with E-state index in [0.717, 1.165) is 0 Å². The summed E-state index contributed by atoms with van der Waals surface area (Å²) in [6.45, 7) is 5.36. The Morgan fingerprint density at radius 2 is 1.50 bits per heavy atom. The van der Waals surface area contributed by atoms with Gasteiger partial charge in [-0.2, -0.15) is 0 Å². The molecule has 0 aromatic carbocycles. The van der Waals surface area contributed by atoms with E-state index in [2.05, 4.69) is 16.0 Å². The Morgan fingerprint density at radius 3 is 2.00 bits per heavy atom. The summed E-state index contributed by atoms with van der Waals surface area (Å²) in [4.78, 5) is 59.4. The van der Waals surface area contributed by atoms with Gasteiger partial charge in [-0.05, 0) is 45.1 Å². The van der Waals surface area contributed by atoms with Crippen LogP contribution in [0.1, 0.15) is 59.3 Å². The van der Waals surface area contributed by atoms with Crippen molar-refractivity contribution >= 4 is 29.7 Å². The van der Waals surface area contributed by atoms with Crippen LogP contribution in [0.25, 0.3) is 0 Å². The molecule has 5 unspecified atom stereocenters. The number of carbonyl (C=O) groups is 5. The zero-order valence-corrected chi connectivity index (χ0v) is 18.9. The van der Waals surface area contributed by atoms with Crippen LogP contribution in [0.4, 0.5) is 0 Å². The third-order valence-electron chi connectivity index (χ3n) is 5.11. The van der Waals surface area contributed by atoms with Gasteiger partial charge >= 0.3 is 11.9 Å². The highest BCUT2D eigenvalue weighted by Gasteiger charge is 2.30. The molecule has 9 N–H and O–H groups in total. The van der Waals surface area contributed by atoms with Crippen LogP contribution < -0.4 is 27.4 Å². The molecule has 184 valence electrons. The van der Waals surface area contributed by atoms with Gasteiger partial charge in [-0.15, -0.1) is 0 Å². The molecule has 0 aliphatic heterocycles. The predicted molar refractivity (Wildman–Crippen MR) is 116 cm³/mol. The van der Waals surface area contributed by atoms with Crippen LogP contribution in [0.15, 0.2) is 0 Å². The van der Waals surface area contributed by atoms with Gasteiger partial charge in [0.15, 0.2) is 0 Å². The van der Waals surface area contributed by atoms with Crippen LogP contribution >= 0.6 is 0 Å². The minimum atomic E-state index is -1.19. The van der Waals surface area contributed by atoms with E-state index in [0.29, 0.717) is 25.8 Å². The molecular formula is C20H37N5O7. The second kappa shape index (κ2) is 15.1. The number of hydrogen-bond donors (Lipinski definition) is 7. The molecule has 0 aliphatic rings. The van der Waals surface area contributed by atoms with E-state index < -0.39 is 53.8 Å². The van der Waals surface area contributed by atoms with Crippen LogP contribution in [-0.4, -0.2) is 70.6 Å². The first-order valence-corrected chi connectivity index (χ1v) is 10.8. The molecule has 0 saturated heterocycles. The van der Waals surface area contributed by atoms with E-state index in [-0.39, 0.29) is 25.2 Å². The Hall–Kier alpha value is -2.73. The van der Waals surface area contributed by atoms with Gasteiger partial charge in [0.2, 0.25) is 17.7 Å². The fourth-order valence-corrected chi connectivity index (χ4v) is 2.79. The van der Waals surface area contributed by atoms with Gasteiger partial charge in [0, 0.05) is 6.42 Å². The number of nitrogens with two attached hydrogens (primary N) is 2. The second-order valence-electron chi connectivity index (χ2n) is 7.82. The predicted octanol–water partition coefficient (Wildman–Crippen LogP) is -1.09. The number of unbranched alkanes of at least 4 members (excludes halogenated alkanes) is 1. The lowest BCUT2D eigenvalue weighted by Crippen LogP contribution is -2.58. The van der Waals surface area contributed by atoms with Crippen molar-refractivity contribution in [3.05, 3.63) is 0 Å². The van der Waals surface area contributed by atoms with E-state index in [1.165, 1.54) is 6.92 Å². The smallest absolute Gasteiger partial charge is 0.326 e. The maximum absolute atomic E-state index is 12.7. The Bertz CT molecular complexity index is 658. The van der Waals surface area contributed by atoms with Crippen molar-refractivity contribution in [3.8, 4) is 0 Å². The molecule has 0 rings (SSSR count). The summed E-state index contributed by atoms with van der Waals surface area (Å²) in [5, 5.41) is 25.4. The lowest BCUT2D eigenvalue weighted by Gasteiger charge is -2.26. The summed E-state index contributed by atoms with van der Waals surface area (Å²) in [5.41, 5.74) is 11.1. The number of aliphatic carboxylic acids is 2. The number of rotatable bonds is 16. The van der Waals surface area contributed by atoms with Crippen molar-refractivity contribution in [2.45, 2.75) is 83.5 Å². The molecule has 3 amide bonds. The SMILES string of the molecule is CCC(C)C(NC(=O)C(N)CCC(=O)O)C(=O)NC(C)C(=O)NC(CCCCN)C(=O)O. The number of nitrogens with one attached hydrogen (secondary N) is 3. The average molecular weight is 460 g/mol. The molecular weight excluding hydrogens is 422 g/mol. The summed E-state index contributed by atoms with van der Waals surface area (Å²) < 4.78 is 0. The van der Waals surface area contributed by atoms with Crippen molar-refractivity contribution in [2.24, 2.45) is 17.4 Å². The molecule has 5 atom stereocenters. The van der Waals surface area contributed by atoms with Gasteiger partial charge in [-0.3, -0.25) is 19.2 Å². The maximum atomic E-state index is 12.7. The summed E-state index contributed by atoms with van der Waals surface area (Å²) in [6.07, 6.45) is 1.51. The quantitative estimate of drug-likeness (QED) is 0.139. The molecule has 0 radical (unpaired) electrons. The molecule has 12 heteroatoms. The number of carbonyl (C=O) groups excluding carboxylic acids is 3. The van der Waals surface area contributed by atoms with Gasteiger partial charge in [0.05, 0.1) is 6.04 Å². The first-order valence-electron chi connectivity index (χ1n) is 10.8. The highest BCUT2D eigenvalue weighted by Crippen LogP contribution is 2.10. The third-order valence-corrected chi connectivity index (χ3v) is 5.11. The van der Waals surface area contributed by atoms with Crippen molar-refractivity contribution in [3.63, 3.8) is 0 Å². The van der Waals surface area contributed by atoms with Gasteiger partial charge in [0.1, 0.15) is 18.1 Å². The molecule has 0 aromatic rings. The number of carboxylic acid groups (broad SMARTS) is 2. The monoisotopic (exact) mass is 459 g/mol. The topological polar surface area (TPSA) is 214 Å². The lowest BCUT2D eigenvalue weighted by molar-refractivity contribution is -0.142. The normalized spacial score (nSPS) is 15.5. The molecule has 0 saturated carbocycles. The fraction of sp³-hybridized carbons (Fsp3) is 0.750. The summed E-state index contributed by atoms with van der Waals surface area (Å²) in [7, 11) is 0. The highest BCUT2D eigenvalue weighted by atomic mass is 16.4. The molecule has 12 nitrogen and oxygen atoms in total. The minimum absolute atomic E-state index is 0.0877. The lowest BCUT2D eigenvalue weighted by atomic mass is 9.97. The third kappa shape index (κ3) is 11.0. The van der Waals surface area contributed by atoms with E-state index in [4.69, 9.17) is 16.6 Å². The summed E-state index contributed by atoms with van der Waals surface area (Å²) in [6, 6.07) is -4.26. The minimum Gasteiger partial charge on any atom is -0.481 e. The standard InChI is InChI=1S/C20H37N5O7/c1-4-11(2)16(25-18(29)13(22)8-9-15(26)27)19(30)23-12(3)17(28)24-14(20(31)32)7-5-6-10-21/h11-14,16H,4-10,21-22H2,1-3H3,(H,23,30)(H,24,28)(H,25,29)(H,26,27)(H,31,32). The summed E-state index contributed by atoms with van der Waals surface area (Å²) in [5.74, 6) is -4.55. The number of carboxylic acids is 2. The highest BCUT2D eigenvalue weighted by molar-refractivity contribution is 5.94. The largest absolute Gasteiger partial charge is 0.481 e. The van der Waals surface area contributed by atoms with Crippen molar-refractivity contribution in [1.82, 2.24) is 16.0 Å². The van der Waals surface area contributed by atoms with Gasteiger partial charge in [0.25, 0.3) is 0 Å². The molecule has 32 heavy (non-hydrogen) atoms. The van der Waals surface area contributed by atoms with Crippen molar-refractivity contribution < 1.29 is 34.2 Å². The first kappa shape index (κ1) is 29.3. The van der Waals surface area contributed by atoms with E-state index in [9.17, 15) is 29.1 Å². The second-order valence-corrected chi connectivity index (χ2v) is 7.82. The van der Waals surface area contributed by atoms with Crippen LogP contribution in [-0.2, 0) is 24.0 Å². The summed E-state index contributed by atoms with van der Waals surface area (Å²) >= 11 is 0. The molecule has 0 aromatic heterocycles. The zero-order valence-electron chi connectivity index (χ0n) is 18.9. The first-order chi connectivity index (χ1) is 14.9. The zero-order chi connectivity index (χ0) is 24.8. The Kier molecular flexibility index (Phi) is 13.8. The molecule has 0 heterocycles. The number of amides is 3. The Morgan fingerprint density at radius 1 is 0.875 bits per heavy atom. The maximum Gasteiger partial charge on any atom is 0.326 e. The molecule has 0 fully saturated rings. The van der Waals surface area contributed by atoms with E-state index in [1.54, 1.807) is 6.92 Å². The molecule has 0 bridgehead atoms. The van der Waals surface area contributed by atoms with E-state index in [1.807, 2.05) is 6.92 Å². The van der Waals surface area contributed by atoms with Crippen LogP contribution in [0.2, 0.25) is 0 Å². The van der Waals surface area contributed by atoms with Gasteiger partial charge < -0.3 is 37.6 Å². The number of hydrogen-bond acceptors (Lipinski definition) is 7. The Balaban J connectivity index is 5.04. The van der Waals surface area contributed by atoms with Crippen LogP contribution in [0.3, 0.4) is 0 Å². The van der Waals surface area contributed by atoms with Crippen LogP contribution in [0.5, 0.6) is 0 Å².